The molecule has 0 atom stereocenters. The molecule has 0 aliphatic rings. The molecule has 0 saturated heterocycles. The van der Waals surface area contributed by atoms with Crippen LogP contribution >= 0.6 is 11.3 Å². The molecule has 8 heteroatoms. The third-order valence-electron chi connectivity index (χ3n) is 4.50. The quantitative estimate of drug-likeness (QED) is 0.611. The van der Waals surface area contributed by atoms with Crippen molar-refractivity contribution >= 4 is 32.6 Å². The molecule has 0 aliphatic carbocycles. The Morgan fingerprint density at radius 3 is 2.59 bits per heavy atom. The minimum Gasteiger partial charge on any atom is -0.493 e. The third-order valence-corrected chi connectivity index (χ3v) is 5.55. The van der Waals surface area contributed by atoms with Gasteiger partial charge in [0, 0.05) is 18.5 Å². The number of nitrogens with zero attached hydrogens (tertiary/aromatic N) is 2. The number of fused-ring (bicyclic) bond motifs is 1. The van der Waals surface area contributed by atoms with Crippen LogP contribution in [0.15, 0.2) is 36.4 Å². The van der Waals surface area contributed by atoms with Crippen molar-refractivity contribution in [2.45, 2.75) is 6.42 Å². The molecule has 0 aliphatic heterocycles. The standard InChI is InChI=1S/C21H24FN3O3S/c1-24(2)10-5-11-25(21-23-16-8-7-15(22)13-19(16)29-21)20(26)14-6-9-17(27-3)18(12-14)28-4/h6-9,12-13H,5,10-11H2,1-4H3/p+1. The van der Waals surface area contributed by atoms with E-state index in [-0.39, 0.29) is 11.7 Å². The lowest BCUT2D eigenvalue weighted by atomic mass is 10.1. The number of ether oxygens (including phenoxy) is 2. The Hall–Kier alpha value is -2.71. The van der Waals surface area contributed by atoms with Gasteiger partial charge in [0.2, 0.25) is 0 Å². The Labute approximate surface area is 173 Å². The van der Waals surface area contributed by atoms with Crippen LogP contribution in [0.2, 0.25) is 0 Å². The van der Waals surface area contributed by atoms with E-state index in [2.05, 4.69) is 19.1 Å². The van der Waals surface area contributed by atoms with E-state index in [1.165, 1.54) is 35.5 Å². The average Bonchev–Trinajstić information content (AvgIpc) is 3.12. The third kappa shape index (κ3) is 4.83. The number of thiazole rings is 1. The first kappa shape index (κ1) is 21.0. The molecule has 1 aromatic heterocycles. The Balaban J connectivity index is 1.96. The van der Waals surface area contributed by atoms with Crippen LogP contribution in [0.1, 0.15) is 16.8 Å². The second-order valence-electron chi connectivity index (χ2n) is 6.95. The van der Waals surface area contributed by atoms with Crippen molar-refractivity contribution in [1.82, 2.24) is 4.98 Å². The van der Waals surface area contributed by atoms with Crippen molar-refractivity contribution in [2.75, 3.05) is 46.3 Å². The molecule has 2 aromatic carbocycles. The number of carbonyl (C=O) groups excluding carboxylic acids is 1. The van der Waals surface area contributed by atoms with Crippen LogP contribution in [0, 0.1) is 5.82 Å². The van der Waals surface area contributed by atoms with Crippen LogP contribution in [0.25, 0.3) is 10.2 Å². The van der Waals surface area contributed by atoms with Crippen molar-refractivity contribution < 1.29 is 23.6 Å². The van der Waals surface area contributed by atoms with Gasteiger partial charge in [-0.3, -0.25) is 9.69 Å². The van der Waals surface area contributed by atoms with Crippen molar-refractivity contribution in [3.05, 3.63) is 47.8 Å². The predicted molar refractivity (Wildman–Crippen MR) is 113 cm³/mol. The number of halogens is 1. The van der Waals surface area contributed by atoms with Gasteiger partial charge in [0.25, 0.3) is 5.91 Å². The minimum absolute atomic E-state index is 0.181. The van der Waals surface area contributed by atoms with Gasteiger partial charge in [-0.1, -0.05) is 11.3 Å². The summed E-state index contributed by atoms with van der Waals surface area (Å²) in [7, 11) is 7.23. The fourth-order valence-corrected chi connectivity index (χ4v) is 4.02. The van der Waals surface area contributed by atoms with Gasteiger partial charge in [-0.15, -0.1) is 0 Å². The maximum absolute atomic E-state index is 13.6. The van der Waals surface area contributed by atoms with E-state index in [4.69, 9.17) is 9.47 Å². The molecule has 0 spiro atoms. The monoisotopic (exact) mass is 418 g/mol. The predicted octanol–water partition coefficient (Wildman–Crippen LogP) is 2.63. The summed E-state index contributed by atoms with van der Waals surface area (Å²) in [5, 5.41) is 0.555. The largest absolute Gasteiger partial charge is 0.493 e. The van der Waals surface area contributed by atoms with Crippen LogP contribution < -0.4 is 19.3 Å². The van der Waals surface area contributed by atoms with E-state index in [9.17, 15) is 9.18 Å². The highest BCUT2D eigenvalue weighted by molar-refractivity contribution is 7.22. The number of hydrogen-bond donors (Lipinski definition) is 1. The Morgan fingerprint density at radius 1 is 1.14 bits per heavy atom. The first-order valence-corrected chi connectivity index (χ1v) is 10.1. The molecule has 29 heavy (non-hydrogen) atoms. The number of quaternary nitrogens is 1. The second-order valence-corrected chi connectivity index (χ2v) is 7.95. The number of hydrogen-bond acceptors (Lipinski definition) is 5. The molecule has 1 amide bonds. The number of benzene rings is 2. The molecule has 0 unspecified atom stereocenters. The zero-order valence-electron chi connectivity index (χ0n) is 17.0. The molecular weight excluding hydrogens is 393 g/mol. The van der Waals surface area contributed by atoms with Crippen molar-refractivity contribution in [3.8, 4) is 11.5 Å². The maximum Gasteiger partial charge on any atom is 0.260 e. The highest BCUT2D eigenvalue weighted by Crippen LogP contribution is 2.32. The zero-order chi connectivity index (χ0) is 21.0. The number of aromatic nitrogens is 1. The summed E-state index contributed by atoms with van der Waals surface area (Å²) in [6, 6.07) is 9.54. The van der Waals surface area contributed by atoms with Gasteiger partial charge in [-0.2, -0.15) is 0 Å². The smallest absolute Gasteiger partial charge is 0.260 e. The van der Waals surface area contributed by atoms with Crippen LogP contribution in [-0.2, 0) is 0 Å². The molecule has 0 fully saturated rings. The number of amides is 1. The molecule has 0 saturated carbocycles. The Morgan fingerprint density at radius 2 is 1.90 bits per heavy atom. The fraction of sp³-hybridized carbons (Fsp3) is 0.333. The van der Waals surface area contributed by atoms with E-state index in [0.717, 1.165) is 13.0 Å². The lowest BCUT2D eigenvalue weighted by Crippen LogP contribution is -3.05. The summed E-state index contributed by atoms with van der Waals surface area (Å²) in [5.74, 6) is 0.547. The molecule has 1 N–H and O–H groups in total. The summed E-state index contributed by atoms with van der Waals surface area (Å²) in [6.45, 7) is 1.43. The number of nitrogens with one attached hydrogen (secondary N) is 1. The zero-order valence-corrected chi connectivity index (χ0v) is 17.8. The first-order valence-electron chi connectivity index (χ1n) is 9.32. The molecule has 3 rings (SSSR count). The topological polar surface area (TPSA) is 56.1 Å². The lowest BCUT2D eigenvalue weighted by Gasteiger charge is -2.21. The van der Waals surface area contributed by atoms with Crippen LogP contribution in [0.4, 0.5) is 9.52 Å². The van der Waals surface area contributed by atoms with Crippen LogP contribution in [0.5, 0.6) is 11.5 Å². The Bertz CT molecular complexity index is 1010. The van der Waals surface area contributed by atoms with E-state index >= 15 is 0 Å². The van der Waals surface area contributed by atoms with E-state index in [1.807, 2.05) is 0 Å². The first-order chi connectivity index (χ1) is 13.9. The normalized spacial score (nSPS) is 11.1. The SMILES string of the molecule is COc1ccc(C(=O)N(CCC[NH+](C)C)c2nc3ccc(F)cc3s2)cc1OC. The summed E-state index contributed by atoms with van der Waals surface area (Å²) in [4.78, 5) is 20.9. The molecule has 0 bridgehead atoms. The van der Waals surface area contributed by atoms with Crippen molar-refractivity contribution in [2.24, 2.45) is 0 Å². The second kappa shape index (κ2) is 9.19. The van der Waals surface area contributed by atoms with Crippen LogP contribution in [0.3, 0.4) is 0 Å². The number of carbonyl (C=O) groups is 1. The van der Waals surface area contributed by atoms with Gasteiger partial charge >= 0.3 is 0 Å². The van der Waals surface area contributed by atoms with E-state index in [1.54, 1.807) is 36.3 Å². The molecular formula is C21H25FN3O3S+. The van der Waals surface area contributed by atoms with Gasteiger partial charge in [-0.05, 0) is 36.4 Å². The van der Waals surface area contributed by atoms with Crippen molar-refractivity contribution in [3.63, 3.8) is 0 Å². The summed E-state index contributed by atoms with van der Waals surface area (Å²) in [6.07, 6.45) is 0.811. The number of anilines is 1. The van der Waals surface area contributed by atoms with Gasteiger partial charge in [0.15, 0.2) is 16.6 Å². The molecule has 1 heterocycles. The number of methoxy groups -OCH3 is 2. The average molecular weight is 419 g/mol. The van der Waals surface area contributed by atoms with E-state index < -0.39 is 0 Å². The van der Waals surface area contributed by atoms with Gasteiger partial charge in [0.1, 0.15) is 5.82 Å². The summed E-state index contributed by atoms with van der Waals surface area (Å²) < 4.78 is 24.9. The Kier molecular flexibility index (Phi) is 6.66. The highest BCUT2D eigenvalue weighted by Gasteiger charge is 2.23. The van der Waals surface area contributed by atoms with Crippen LogP contribution in [-0.4, -0.2) is 52.3 Å². The van der Waals surface area contributed by atoms with Gasteiger partial charge in [0.05, 0.1) is 45.1 Å². The fourth-order valence-electron chi connectivity index (χ4n) is 3.00. The van der Waals surface area contributed by atoms with Crippen molar-refractivity contribution in [1.29, 1.82) is 0 Å². The number of rotatable bonds is 8. The summed E-state index contributed by atoms with van der Waals surface area (Å²) in [5.41, 5.74) is 1.15. The summed E-state index contributed by atoms with van der Waals surface area (Å²) >= 11 is 1.31. The lowest BCUT2D eigenvalue weighted by molar-refractivity contribution is -0.858. The molecule has 3 aromatic rings. The maximum atomic E-state index is 13.6. The molecule has 154 valence electrons. The minimum atomic E-state index is -0.318. The highest BCUT2D eigenvalue weighted by atomic mass is 32.1. The molecule has 0 radical (unpaired) electrons. The van der Waals surface area contributed by atoms with E-state index in [0.29, 0.717) is 39.0 Å². The van der Waals surface area contributed by atoms with Gasteiger partial charge in [-0.25, -0.2) is 9.37 Å². The van der Waals surface area contributed by atoms with Gasteiger partial charge < -0.3 is 14.4 Å². The molecule has 6 nitrogen and oxygen atoms in total.